The maximum Gasteiger partial charge on any atom is 0.238 e. The second kappa shape index (κ2) is 3.46. The highest BCUT2D eigenvalue weighted by Gasteiger charge is 2.28. The summed E-state index contributed by atoms with van der Waals surface area (Å²) in [4.78, 5) is 0.183. The Balaban J connectivity index is 2.60. The van der Waals surface area contributed by atoms with Crippen LogP contribution in [0.4, 0.5) is 5.69 Å². The van der Waals surface area contributed by atoms with Crippen LogP contribution in [-0.4, -0.2) is 15.0 Å². The molecule has 1 aromatic rings. The number of benzene rings is 1. The van der Waals surface area contributed by atoms with Crippen molar-refractivity contribution in [2.75, 3.05) is 11.9 Å². The van der Waals surface area contributed by atoms with Gasteiger partial charge in [0.25, 0.3) is 0 Å². The Bertz CT molecular complexity index is 521. The van der Waals surface area contributed by atoms with Crippen molar-refractivity contribution in [1.29, 1.82) is 0 Å². The monoisotopic (exact) mass is 240 g/mol. The first kappa shape index (κ1) is 11.4. The van der Waals surface area contributed by atoms with Crippen molar-refractivity contribution in [2.45, 2.75) is 30.6 Å². The molecule has 0 aromatic heterocycles. The molecular formula is C11H16N2O2S. The van der Waals surface area contributed by atoms with Gasteiger partial charge in [-0.15, -0.1) is 0 Å². The third kappa shape index (κ3) is 1.92. The van der Waals surface area contributed by atoms with Crippen molar-refractivity contribution in [3.05, 3.63) is 23.8 Å². The minimum Gasteiger partial charge on any atom is -0.385 e. The predicted octanol–water partition coefficient (Wildman–Crippen LogP) is 1.43. The number of hydrogen-bond donors (Lipinski definition) is 2. The fourth-order valence-corrected chi connectivity index (χ4v) is 2.60. The fourth-order valence-electron chi connectivity index (χ4n) is 2.06. The van der Waals surface area contributed by atoms with Crippen molar-refractivity contribution in [3.8, 4) is 0 Å². The number of anilines is 1. The van der Waals surface area contributed by atoms with E-state index >= 15 is 0 Å². The normalized spacial score (nSPS) is 18.7. The van der Waals surface area contributed by atoms with E-state index in [4.69, 9.17) is 5.14 Å². The molecule has 0 radical (unpaired) electrons. The lowest BCUT2D eigenvalue weighted by atomic mass is 9.78. The molecule has 0 saturated heterocycles. The summed E-state index contributed by atoms with van der Waals surface area (Å²) in [5.41, 5.74) is 2.01. The summed E-state index contributed by atoms with van der Waals surface area (Å²) in [7, 11) is -3.61. The van der Waals surface area contributed by atoms with Crippen molar-refractivity contribution in [1.82, 2.24) is 0 Å². The zero-order valence-corrected chi connectivity index (χ0v) is 10.3. The largest absolute Gasteiger partial charge is 0.385 e. The smallest absolute Gasteiger partial charge is 0.238 e. The molecular weight excluding hydrogens is 224 g/mol. The van der Waals surface area contributed by atoms with Gasteiger partial charge < -0.3 is 5.32 Å². The number of fused-ring (bicyclic) bond motifs is 1. The van der Waals surface area contributed by atoms with Gasteiger partial charge in [0.2, 0.25) is 10.0 Å². The van der Waals surface area contributed by atoms with Gasteiger partial charge in [0.1, 0.15) is 0 Å². The van der Waals surface area contributed by atoms with Gasteiger partial charge >= 0.3 is 0 Å². The lowest BCUT2D eigenvalue weighted by Gasteiger charge is -2.33. The summed E-state index contributed by atoms with van der Waals surface area (Å²) in [5.74, 6) is 0. The first-order chi connectivity index (χ1) is 7.31. The van der Waals surface area contributed by atoms with Crippen molar-refractivity contribution in [2.24, 2.45) is 5.14 Å². The maximum absolute atomic E-state index is 11.3. The van der Waals surface area contributed by atoms with Crippen molar-refractivity contribution in [3.63, 3.8) is 0 Å². The lowest BCUT2D eigenvalue weighted by molar-refractivity contribution is 0.480. The van der Waals surface area contributed by atoms with Gasteiger partial charge in [0, 0.05) is 12.2 Å². The SMILES string of the molecule is CC1(C)CCNc2ccc(S(N)(=O)=O)cc21. The molecule has 16 heavy (non-hydrogen) atoms. The van der Waals surface area contributed by atoms with E-state index in [1.54, 1.807) is 18.2 Å². The number of rotatable bonds is 1. The Morgan fingerprint density at radius 1 is 1.38 bits per heavy atom. The molecule has 4 nitrogen and oxygen atoms in total. The molecule has 0 bridgehead atoms. The fraction of sp³-hybridized carbons (Fsp3) is 0.455. The van der Waals surface area contributed by atoms with Gasteiger partial charge in [-0.25, -0.2) is 13.6 Å². The number of hydrogen-bond acceptors (Lipinski definition) is 3. The van der Waals surface area contributed by atoms with E-state index in [0.29, 0.717) is 0 Å². The summed E-state index contributed by atoms with van der Waals surface area (Å²) in [6.45, 7) is 5.13. The Morgan fingerprint density at radius 2 is 2.06 bits per heavy atom. The van der Waals surface area contributed by atoms with Crippen molar-refractivity contribution < 1.29 is 8.42 Å². The second-order valence-corrected chi connectivity index (χ2v) is 6.37. The molecule has 3 N–H and O–H groups in total. The average Bonchev–Trinajstić information content (AvgIpc) is 2.15. The third-order valence-electron chi connectivity index (χ3n) is 3.11. The molecule has 0 spiro atoms. The molecule has 0 fully saturated rings. The van der Waals surface area contributed by atoms with Crippen LogP contribution in [0.5, 0.6) is 0 Å². The van der Waals surface area contributed by atoms with E-state index in [9.17, 15) is 8.42 Å². The first-order valence-electron chi connectivity index (χ1n) is 5.22. The molecule has 1 aromatic carbocycles. The highest BCUT2D eigenvalue weighted by molar-refractivity contribution is 7.89. The van der Waals surface area contributed by atoms with Crippen LogP contribution >= 0.6 is 0 Å². The van der Waals surface area contributed by atoms with Crippen LogP contribution in [-0.2, 0) is 15.4 Å². The molecule has 88 valence electrons. The Kier molecular flexibility index (Phi) is 2.47. The molecule has 5 heteroatoms. The molecule has 0 unspecified atom stereocenters. The standard InChI is InChI=1S/C11H16N2O2S/c1-11(2)5-6-13-10-4-3-8(7-9(10)11)16(12,14)15/h3-4,7,13H,5-6H2,1-2H3,(H2,12,14,15). The zero-order valence-electron chi connectivity index (χ0n) is 9.45. The predicted molar refractivity (Wildman–Crippen MR) is 63.9 cm³/mol. The van der Waals surface area contributed by atoms with Crippen LogP contribution in [0.1, 0.15) is 25.8 Å². The highest BCUT2D eigenvalue weighted by atomic mass is 32.2. The van der Waals surface area contributed by atoms with Gasteiger partial charge in [0.15, 0.2) is 0 Å². The summed E-state index contributed by atoms with van der Waals surface area (Å²) in [5, 5.41) is 8.39. The molecule has 0 saturated carbocycles. The Hall–Kier alpha value is -1.07. The van der Waals surface area contributed by atoms with E-state index in [-0.39, 0.29) is 10.3 Å². The van der Waals surface area contributed by atoms with Gasteiger partial charge in [-0.05, 0) is 35.6 Å². The molecule has 0 atom stereocenters. The summed E-state index contributed by atoms with van der Waals surface area (Å²) >= 11 is 0. The minimum absolute atomic E-state index is 0.0126. The van der Waals surface area contributed by atoms with Crippen molar-refractivity contribution >= 4 is 15.7 Å². The summed E-state index contributed by atoms with van der Waals surface area (Å²) in [6.07, 6.45) is 0.980. The number of nitrogens with two attached hydrogens (primary N) is 1. The van der Waals surface area contributed by atoms with Crippen LogP contribution in [0.3, 0.4) is 0 Å². The summed E-state index contributed by atoms with van der Waals surface area (Å²) in [6, 6.07) is 5.01. The topological polar surface area (TPSA) is 72.2 Å². The Labute approximate surface area is 95.9 Å². The van der Waals surface area contributed by atoms with Crippen LogP contribution in [0, 0.1) is 0 Å². The first-order valence-corrected chi connectivity index (χ1v) is 6.76. The molecule has 0 amide bonds. The van der Waals surface area contributed by atoms with Crippen LogP contribution in [0.2, 0.25) is 0 Å². The highest BCUT2D eigenvalue weighted by Crippen LogP contribution is 2.37. The van der Waals surface area contributed by atoms with Gasteiger partial charge in [-0.2, -0.15) is 0 Å². The second-order valence-electron chi connectivity index (χ2n) is 4.81. The minimum atomic E-state index is -3.61. The number of sulfonamides is 1. The molecule has 1 aliphatic rings. The molecule has 0 aliphatic carbocycles. The molecule has 2 rings (SSSR count). The quantitative estimate of drug-likeness (QED) is 0.780. The zero-order chi connectivity index (χ0) is 12.0. The van der Waals surface area contributed by atoms with E-state index in [1.165, 1.54) is 0 Å². The van der Waals surface area contributed by atoms with Crippen LogP contribution in [0.25, 0.3) is 0 Å². The van der Waals surface area contributed by atoms with E-state index < -0.39 is 10.0 Å². The molecule has 1 aliphatic heterocycles. The van der Waals surface area contributed by atoms with Gasteiger partial charge in [-0.3, -0.25) is 0 Å². The number of primary sulfonamides is 1. The molecule has 1 heterocycles. The Morgan fingerprint density at radius 3 is 2.69 bits per heavy atom. The van der Waals surface area contributed by atoms with Gasteiger partial charge in [-0.1, -0.05) is 13.8 Å². The van der Waals surface area contributed by atoms with E-state index in [1.807, 2.05) is 0 Å². The third-order valence-corrected chi connectivity index (χ3v) is 4.03. The average molecular weight is 240 g/mol. The van der Waals surface area contributed by atoms with Crippen LogP contribution in [0.15, 0.2) is 23.1 Å². The van der Waals surface area contributed by atoms with E-state index in [2.05, 4.69) is 19.2 Å². The lowest BCUT2D eigenvalue weighted by Crippen LogP contribution is -2.28. The number of nitrogens with one attached hydrogen (secondary N) is 1. The van der Waals surface area contributed by atoms with Gasteiger partial charge in [0.05, 0.1) is 4.90 Å². The van der Waals surface area contributed by atoms with Crippen LogP contribution < -0.4 is 10.5 Å². The van der Waals surface area contributed by atoms with E-state index in [0.717, 1.165) is 24.2 Å². The maximum atomic E-state index is 11.3. The summed E-state index contributed by atoms with van der Waals surface area (Å²) < 4.78 is 22.6.